The van der Waals surface area contributed by atoms with E-state index in [4.69, 9.17) is 4.74 Å². The van der Waals surface area contributed by atoms with Crippen LogP contribution in [-0.4, -0.2) is 13.7 Å². The van der Waals surface area contributed by atoms with Gasteiger partial charge in [-0.15, -0.1) is 0 Å². The Labute approximate surface area is 157 Å². The number of ether oxygens (including phenoxy) is 1. The summed E-state index contributed by atoms with van der Waals surface area (Å²) in [5, 5.41) is 3.53. The Morgan fingerprint density at radius 3 is 2.32 bits per heavy atom. The Balaban J connectivity index is 2.24. The van der Waals surface area contributed by atoms with Crippen molar-refractivity contribution >= 4 is 17.4 Å². The molecule has 0 spiro atoms. The summed E-state index contributed by atoms with van der Waals surface area (Å²) in [5.41, 5.74) is 5.14. The van der Waals surface area contributed by atoms with Crippen LogP contribution in [0.15, 0.2) is 40.1 Å². The van der Waals surface area contributed by atoms with Crippen molar-refractivity contribution in [2.75, 3.05) is 19.0 Å². The van der Waals surface area contributed by atoms with E-state index >= 15 is 0 Å². The van der Waals surface area contributed by atoms with Crippen LogP contribution >= 0.6 is 11.8 Å². The van der Waals surface area contributed by atoms with E-state index in [1.54, 1.807) is 7.11 Å². The van der Waals surface area contributed by atoms with E-state index in [0.29, 0.717) is 5.92 Å². The molecule has 0 aromatic heterocycles. The first-order valence-corrected chi connectivity index (χ1v) is 9.98. The summed E-state index contributed by atoms with van der Waals surface area (Å²) in [7, 11) is 1.74. The SMILES string of the molecule is CCCCNc1cc(C)c(Sc2ccc(OC)c(C(C)C)c2)c(C)c1. The highest BCUT2D eigenvalue weighted by molar-refractivity contribution is 7.99. The number of aryl methyl sites for hydroxylation is 2. The fourth-order valence-electron chi connectivity index (χ4n) is 2.97. The van der Waals surface area contributed by atoms with E-state index in [9.17, 15) is 0 Å². The highest BCUT2D eigenvalue weighted by atomic mass is 32.2. The number of unbranched alkanes of at least 4 members (excludes halogenated alkanes) is 1. The van der Waals surface area contributed by atoms with Gasteiger partial charge in [0.25, 0.3) is 0 Å². The van der Waals surface area contributed by atoms with Crippen LogP contribution in [0.5, 0.6) is 5.75 Å². The maximum Gasteiger partial charge on any atom is 0.122 e. The first-order chi connectivity index (χ1) is 12.0. The molecule has 0 radical (unpaired) electrons. The monoisotopic (exact) mass is 357 g/mol. The summed E-state index contributed by atoms with van der Waals surface area (Å²) in [6.45, 7) is 12.1. The number of hydrogen-bond acceptors (Lipinski definition) is 3. The van der Waals surface area contributed by atoms with Gasteiger partial charge in [0.1, 0.15) is 5.75 Å². The van der Waals surface area contributed by atoms with Crippen LogP contribution in [0, 0.1) is 13.8 Å². The second-order valence-electron chi connectivity index (χ2n) is 6.88. The molecule has 2 aromatic rings. The van der Waals surface area contributed by atoms with Crippen LogP contribution in [0.3, 0.4) is 0 Å². The van der Waals surface area contributed by atoms with Crippen molar-refractivity contribution in [3.63, 3.8) is 0 Å². The smallest absolute Gasteiger partial charge is 0.122 e. The van der Waals surface area contributed by atoms with Crippen LogP contribution in [0.2, 0.25) is 0 Å². The van der Waals surface area contributed by atoms with Crippen LogP contribution in [0.1, 0.15) is 56.2 Å². The number of rotatable bonds is 8. The molecule has 1 N–H and O–H groups in total. The zero-order valence-corrected chi connectivity index (χ0v) is 17.2. The van der Waals surface area contributed by atoms with E-state index in [-0.39, 0.29) is 0 Å². The summed E-state index contributed by atoms with van der Waals surface area (Å²) in [5.74, 6) is 1.42. The average molecular weight is 358 g/mol. The molecule has 0 amide bonds. The van der Waals surface area contributed by atoms with Gasteiger partial charge in [0, 0.05) is 22.0 Å². The van der Waals surface area contributed by atoms with E-state index in [1.165, 1.54) is 45.0 Å². The second kappa shape index (κ2) is 9.19. The Hall–Kier alpha value is -1.61. The molecule has 0 aliphatic carbocycles. The zero-order valence-electron chi connectivity index (χ0n) is 16.4. The molecule has 0 unspecified atom stereocenters. The molecule has 0 heterocycles. The van der Waals surface area contributed by atoms with Gasteiger partial charge in [-0.25, -0.2) is 0 Å². The standard InChI is InChI=1S/C22H31NOS/c1-7-8-11-23-18-12-16(4)22(17(5)13-18)25-19-9-10-21(24-6)20(14-19)15(2)3/h9-10,12-15,23H,7-8,11H2,1-6H3. The molecular formula is C22H31NOS. The number of nitrogens with one attached hydrogen (secondary N) is 1. The van der Waals surface area contributed by atoms with Crippen molar-refractivity contribution in [2.24, 2.45) is 0 Å². The maximum atomic E-state index is 5.50. The quantitative estimate of drug-likeness (QED) is 0.525. The van der Waals surface area contributed by atoms with Crippen molar-refractivity contribution in [2.45, 2.75) is 63.2 Å². The first-order valence-electron chi connectivity index (χ1n) is 9.17. The predicted octanol–water partition coefficient (Wildman–Crippen LogP) is 6.80. The van der Waals surface area contributed by atoms with Crippen LogP contribution in [0.25, 0.3) is 0 Å². The predicted molar refractivity (Wildman–Crippen MR) is 111 cm³/mol. The number of benzene rings is 2. The molecule has 25 heavy (non-hydrogen) atoms. The van der Waals surface area contributed by atoms with Crippen molar-refractivity contribution in [3.8, 4) is 5.75 Å². The summed E-state index contributed by atoms with van der Waals surface area (Å²) < 4.78 is 5.50. The normalized spacial score (nSPS) is 11.0. The Morgan fingerprint density at radius 1 is 1.08 bits per heavy atom. The third-order valence-corrected chi connectivity index (χ3v) is 5.70. The molecule has 0 aliphatic rings. The van der Waals surface area contributed by atoms with Gasteiger partial charge in [-0.3, -0.25) is 0 Å². The minimum absolute atomic E-state index is 0.447. The molecule has 2 rings (SSSR count). The molecule has 0 saturated heterocycles. The number of hydrogen-bond donors (Lipinski definition) is 1. The van der Waals surface area contributed by atoms with Crippen LogP contribution < -0.4 is 10.1 Å². The van der Waals surface area contributed by atoms with Gasteiger partial charge < -0.3 is 10.1 Å². The molecule has 3 heteroatoms. The third-order valence-electron chi connectivity index (χ3n) is 4.36. The van der Waals surface area contributed by atoms with Crippen LogP contribution in [0.4, 0.5) is 5.69 Å². The fraction of sp³-hybridized carbons (Fsp3) is 0.455. The van der Waals surface area contributed by atoms with E-state index in [2.05, 4.69) is 70.3 Å². The lowest BCUT2D eigenvalue weighted by atomic mass is 10.0. The van der Waals surface area contributed by atoms with Crippen molar-refractivity contribution in [3.05, 3.63) is 47.0 Å². The van der Waals surface area contributed by atoms with Gasteiger partial charge in [0.15, 0.2) is 0 Å². The van der Waals surface area contributed by atoms with Gasteiger partial charge in [-0.1, -0.05) is 39.0 Å². The Bertz CT molecular complexity index is 686. The van der Waals surface area contributed by atoms with E-state index in [1.807, 2.05) is 11.8 Å². The summed E-state index contributed by atoms with van der Waals surface area (Å²) in [4.78, 5) is 2.61. The molecule has 0 bridgehead atoms. The lowest BCUT2D eigenvalue weighted by Gasteiger charge is -2.16. The summed E-state index contributed by atoms with van der Waals surface area (Å²) in [6.07, 6.45) is 2.42. The maximum absolute atomic E-state index is 5.50. The highest BCUT2D eigenvalue weighted by Crippen LogP contribution is 2.38. The second-order valence-corrected chi connectivity index (χ2v) is 7.96. The first kappa shape index (κ1) is 19.7. The molecule has 0 saturated carbocycles. The third kappa shape index (κ3) is 5.18. The van der Waals surface area contributed by atoms with Gasteiger partial charge >= 0.3 is 0 Å². The zero-order chi connectivity index (χ0) is 18.4. The topological polar surface area (TPSA) is 21.3 Å². The average Bonchev–Trinajstić information content (AvgIpc) is 2.58. The van der Waals surface area contributed by atoms with Gasteiger partial charge in [0.05, 0.1) is 7.11 Å². The summed E-state index contributed by atoms with van der Waals surface area (Å²) in [6, 6.07) is 11.0. The summed E-state index contributed by atoms with van der Waals surface area (Å²) >= 11 is 1.85. The van der Waals surface area contributed by atoms with Crippen molar-refractivity contribution < 1.29 is 4.74 Å². The minimum Gasteiger partial charge on any atom is -0.496 e. The number of anilines is 1. The molecule has 0 aliphatic heterocycles. The Morgan fingerprint density at radius 2 is 1.76 bits per heavy atom. The van der Waals surface area contributed by atoms with Crippen molar-refractivity contribution in [1.82, 2.24) is 0 Å². The van der Waals surface area contributed by atoms with Crippen LogP contribution in [-0.2, 0) is 0 Å². The lowest BCUT2D eigenvalue weighted by molar-refractivity contribution is 0.407. The van der Waals surface area contributed by atoms with Gasteiger partial charge in [0.2, 0.25) is 0 Å². The fourth-order valence-corrected chi connectivity index (χ4v) is 3.97. The lowest BCUT2D eigenvalue weighted by Crippen LogP contribution is -2.02. The van der Waals surface area contributed by atoms with Crippen molar-refractivity contribution in [1.29, 1.82) is 0 Å². The van der Waals surface area contributed by atoms with Gasteiger partial charge in [-0.2, -0.15) is 0 Å². The van der Waals surface area contributed by atoms with E-state index < -0.39 is 0 Å². The molecule has 2 aromatic carbocycles. The number of methoxy groups -OCH3 is 1. The Kier molecular flexibility index (Phi) is 7.24. The largest absolute Gasteiger partial charge is 0.496 e. The molecule has 0 atom stereocenters. The van der Waals surface area contributed by atoms with Gasteiger partial charge in [-0.05, 0) is 73.2 Å². The highest BCUT2D eigenvalue weighted by Gasteiger charge is 2.12. The van der Waals surface area contributed by atoms with E-state index in [0.717, 1.165) is 12.3 Å². The minimum atomic E-state index is 0.447. The molecule has 2 nitrogen and oxygen atoms in total. The molecular weight excluding hydrogens is 326 g/mol. The molecule has 0 fully saturated rings. The molecule has 136 valence electrons.